The lowest BCUT2D eigenvalue weighted by Crippen LogP contribution is -2.28. The second kappa shape index (κ2) is 8.88. The number of amides is 1. The van der Waals surface area contributed by atoms with Gasteiger partial charge in [0, 0.05) is 22.7 Å². The number of benzene rings is 2. The predicted molar refractivity (Wildman–Crippen MR) is 94.6 cm³/mol. The zero-order chi connectivity index (χ0) is 17.4. The van der Waals surface area contributed by atoms with Crippen LogP contribution in [0, 0.1) is 0 Å². The normalized spacial score (nSPS) is 10.5. The molecule has 2 rings (SSSR count). The number of halogens is 1. The summed E-state index contributed by atoms with van der Waals surface area (Å²) < 4.78 is 6.28. The van der Waals surface area contributed by atoms with Gasteiger partial charge in [0.1, 0.15) is 5.75 Å². The molecule has 2 aromatic carbocycles. The Labute approximate surface area is 148 Å². The first-order valence-electron chi connectivity index (χ1n) is 7.18. The molecule has 2 aromatic rings. The largest absolute Gasteiger partial charge is 0.483 e. The Morgan fingerprint density at radius 3 is 2.62 bits per heavy atom. The van der Waals surface area contributed by atoms with Crippen LogP contribution in [0.3, 0.4) is 0 Å². The summed E-state index contributed by atoms with van der Waals surface area (Å²) in [7, 11) is 0. The van der Waals surface area contributed by atoms with E-state index in [9.17, 15) is 9.59 Å². The standard InChI is InChI=1S/C18H16BrNO4/c19-15-7-8-16(14(10-15)6-9-18(22)23)24-12-17(21)20-11-13-4-2-1-3-5-13/h1-10H,11-12H2,(H,20,21)(H,22,23). The van der Waals surface area contributed by atoms with Crippen LogP contribution in [-0.2, 0) is 16.1 Å². The van der Waals surface area contributed by atoms with Gasteiger partial charge in [0.2, 0.25) is 0 Å². The van der Waals surface area contributed by atoms with Gasteiger partial charge in [0.05, 0.1) is 0 Å². The number of rotatable bonds is 7. The maximum absolute atomic E-state index is 11.9. The van der Waals surface area contributed by atoms with Crippen LogP contribution in [0.4, 0.5) is 0 Å². The molecule has 0 atom stereocenters. The number of hydrogen-bond acceptors (Lipinski definition) is 3. The Hall–Kier alpha value is -2.60. The van der Waals surface area contributed by atoms with E-state index in [0.717, 1.165) is 16.1 Å². The Bertz CT molecular complexity index is 744. The minimum atomic E-state index is -1.05. The first-order chi connectivity index (χ1) is 11.5. The lowest BCUT2D eigenvalue weighted by Gasteiger charge is -2.10. The SMILES string of the molecule is O=C(O)C=Cc1cc(Br)ccc1OCC(=O)NCc1ccccc1. The highest BCUT2D eigenvalue weighted by Gasteiger charge is 2.07. The van der Waals surface area contributed by atoms with Crippen LogP contribution in [0.15, 0.2) is 59.1 Å². The lowest BCUT2D eigenvalue weighted by molar-refractivity contribution is -0.131. The smallest absolute Gasteiger partial charge is 0.328 e. The lowest BCUT2D eigenvalue weighted by atomic mass is 10.2. The van der Waals surface area contributed by atoms with Crippen molar-refractivity contribution in [2.75, 3.05) is 6.61 Å². The molecule has 0 radical (unpaired) electrons. The predicted octanol–water partition coefficient (Wildman–Crippen LogP) is 3.24. The van der Waals surface area contributed by atoms with Crippen molar-refractivity contribution in [2.24, 2.45) is 0 Å². The van der Waals surface area contributed by atoms with Gasteiger partial charge in [0.15, 0.2) is 6.61 Å². The van der Waals surface area contributed by atoms with E-state index in [4.69, 9.17) is 9.84 Å². The summed E-state index contributed by atoms with van der Waals surface area (Å²) in [5.74, 6) is -0.873. The van der Waals surface area contributed by atoms with Crippen molar-refractivity contribution >= 4 is 33.9 Å². The van der Waals surface area contributed by atoms with Gasteiger partial charge in [-0.1, -0.05) is 46.3 Å². The first kappa shape index (κ1) is 17.7. The number of carbonyl (C=O) groups excluding carboxylic acids is 1. The fraction of sp³-hybridized carbons (Fsp3) is 0.111. The summed E-state index contributed by atoms with van der Waals surface area (Å²) in [6, 6.07) is 14.7. The molecule has 6 heteroatoms. The zero-order valence-electron chi connectivity index (χ0n) is 12.7. The summed E-state index contributed by atoms with van der Waals surface area (Å²) >= 11 is 3.32. The summed E-state index contributed by atoms with van der Waals surface area (Å²) in [4.78, 5) is 22.5. The minimum absolute atomic E-state index is 0.150. The molecule has 0 spiro atoms. The van der Waals surface area contributed by atoms with E-state index < -0.39 is 5.97 Å². The zero-order valence-corrected chi connectivity index (χ0v) is 14.3. The van der Waals surface area contributed by atoms with Crippen molar-refractivity contribution in [2.45, 2.75) is 6.54 Å². The van der Waals surface area contributed by atoms with Crippen molar-refractivity contribution in [3.63, 3.8) is 0 Å². The number of carbonyl (C=O) groups is 2. The number of ether oxygens (including phenoxy) is 1. The molecule has 0 aliphatic heterocycles. The van der Waals surface area contributed by atoms with Crippen LogP contribution in [0.25, 0.3) is 6.08 Å². The summed E-state index contributed by atoms with van der Waals surface area (Å²) in [5.41, 5.74) is 1.57. The third kappa shape index (κ3) is 5.89. The third-order valence-electron chi connectivity index (χ3n) is 3.07. The molecule has 0 aliphatic carbocycles. The summed E-state index contributed by atoms with van der Waals surface area (Å²) in [6.07, 6.45) is 2.44. The van der Waals surface area contributed by atoms with Crippen LogP contribution in [-0.4, -0.2) is 23.6 Å². The van der Waals surface area contributed by atoms with Gasteiger partial charge in [0.25, 0.3) is 5.91 Å². The van der Waals surface area contributed by atoms with Crippen molar-refractivity contribution in [1.82, 2.24) is 5.32 Å². The second-order valence-corrected chi connectivity index (χ2v) is 5.82. The molecule has 1 amide bonds. The van der Waals surface area contributed by atoms with E-state index in [1.54, 1.807) is 18.2 Å². The Balaban J connectivity index is 1.93. The molecule has 124 valence electrons. The van der Waals surface area contributed by atoms with Gasteiger partial charge in [-0.2, -0.15) is 0 Å². The van der Waals surface area contributed by atoms with Gasteiger partial charge in [-0.3, -0.25) is 4.79 Å². The highest BCUT2D eigenvalue weighted by molar-refractivity contribution is 9.10. The van der Waals surface area contributed by atoms with Crippen molar-refractivity contribution in [3.05, 3.63) is 70.2 Å². The fourth-order valence-corrected chi connectivity index (χ4v) is 2.31. The molecule has 0 aromatic heterocycles. The maximum atomic E-state index is 11.9. The molecule has 24 heavy (non-hydrogen) atoms. The highest BCUT2D eigenvalue weighted by atomic mass is 79.9. The molecule has 0 unspecified atom stereocenters. The van der Waals surface area contributed by atoms with E-state index in [2.05, 4.69) is 21.2 Å². The van der Waals surface area contributed by atoms with Crippen LogP contribution < -0.4 is 10.1 Å². The molecule has 0 saturated heterocycles. The molecule has 5 nitrogen and oxygen atoms in total. The monoisotopic (exact) mass is 389 g/mol. The maximum Gasteiger partial charge on any atom is 0.328 e. The number of carboxylic acid groups (broad SMARTS) is 1. The fourth-order valence-electron chi connectivity index (χ4n) is 1.93. The minimum Gasteiger partial charge on any atom is -0.483 e. The van der Waals surface area contributed by atoms with Gasteiger partial charge < -0.3 is 15.2 Å². The van der Waals surface area contributed by atoms with E-state index >= 15 is 0 Å². The average Bonchev–Trinajstić information content (AvgIpc) is 2.58. The van der Waals surface area contributed by atoms with Gasteiger partial charge in [-0.25, -0.2) is 4.79 Å². The number of nitrogens with one attached hydrogen (secondary N) is 1. The van der Waals surface area contributed by atoms with Gasteiger partial charge in [-0.05, 0) is 29.8 Å². The summed E-state index contributed by atoms with van der Waals surface area (Å²) in [5, 5.41) is 11.5. The van der Waals surface area contributed by atoms with E-state index in [0.29, 0.717) is 17.9 Å². The van der Waals surface area contributed by atoms with Crippen molar-refractivity contribution in [1.29, 1.82) is 0 Å². The van der Waals surface area contributed by atoms with E-state index in [1.807, 2.05) is 30.3 Å². The molecule has 0 aliphatic rings. The molecule has 2 N–H and O–H groups in total. The summed E-state index contributed by atoms with van der Waals surface area (Å²) in [6.45, 7) is 0.275. The second-order valence-electron chi connectivity index (χ2n) is 4.90. The van der Waals surface area contributed by atoms with Crippen LogP contribution in [0.5, 0.6) is 5.75 Å². The van der Waals surface area contributed by atoms with Gasteiger partial charge in [-0.15, -0.1) is 0 Å². The molecule has 0 bridgehead atoms. The Morgan fingerprint density at radius 1 is 1.17 bits per heavy atom. The molecule has 0 fully saturated rings. The Kier molecular flexibility index (Phi) is 6.57. The average molecular weight is 390 g/mol. The quantitative estimate of drug-likeness (QED) is 0.712. The number of hydrogen-bond donors (Lipinski definition) is 2. The topological polar surface area (TPSA) is 75.6 Å². The van der Waals surface area contributed by atoms with Gasteiger partial charge >= 0.3 is 5.97 Å². The van der Waals surface area contributed by atoms with Crippen molar-refractivity contribution in [3.8, 4) is 5.75 Å². The van der Waals surface area contributed by atoms with Crippen LogP contribution >= 0.6 is 15.9 Å². The molecule has 0 heterocycles. The number of aliphatic carboxylic acids is 1. The van der Waals surface area contributed by atoms with E-state index in [1.165, 1.54) is 6.08 Å². The molecular weight excluding hydrogens is 374 g/mol. The van der Waals surface area contributed by atoms with E-state index in [-0.39, 0.29) is 12.5 Å². The highest BCUT2D eigenvalue weighted by Crippen LogP contribution is 2.24. The van der Waals surface area contributed by atoms with Crippen LogP contribution in [0.2, 0.25) is 0 Å². The first-order valence-corrected chi connectivity index (χ1v) is 7.98. The van der Waals surface area contributed by atoms with Crippen LogP contribution in [0.1, 0.15) is 11.1 Å². The number of carboxylic acids is 1. The molecular formula is C18H16BrNO4. The Morgan fingerprint density at radius 2 is 1.92 bits per heavy atom. The third-order valence-corrected chi connectivity index (χ3v) is 3.56. The molecule has 0 saturated carbocycles. The van der Waals surface area contributed by atoms with Crippen molar-refractivity contribution < 1.29 is 19.4 Å².